The summed E-state index contributed by atoms with van der Waals surface area (Å²) in [6.07, 6.45) is 0. The molecule has 1 atom stereocenters. The molecule has 2 aliphatic rings. The maximum atomic E-state index is 2.45. The van der Waals surface area contributed by atoms with Crippen molar-refractivity contribution >= 4 is 27.8 Å². The van der Waals surface area contributed by atoms with E-state index in [2.05, 4.69) is 256 Å². The van der Waals surface area contributed by atoms with Gasteiger partial charge in [0.25, 0.3) is 0 Å². The fourth-order valence-electron chi connectivity index (χ4n) is 11.2. The average molecular weight is 818 g/mol. The van der Waals surface area contributed by atoms with Crippen molar-refractivity contribution in [3.63, 3.8) is 0 Å². The van der Waals surface area contributed by atoms with Crippen molar-refractivity contribution in [1.82, 2.24) is 0 Å². The van der Waals surface area contributed by atoms with Crippen LogP contribution in [0.1, 0.15) is 48.6 Å². The molecular formula is C63H47N. The van der Waals surface area contributed by atoms with Crippen LogP contribution in [0.15, 0.2) is 231 Å². The fraction of sp³-hybridized carbons (Fsp3) is 0.0794. The number of fused-ring (bicyclic) bond motifs is 7. The molecule has 0 N–H and O–H groups in total. The van der Waals surface area contributed by atoms with E-state index in [0.717, 1.165) is 17.1 Å². The molecule has 0 saturated heterocycles. The van der Waals surface area contributed by atoms with Crippen LogP contribution >= 0.6 is 0 Å². The van der Waals surface area contributed by atoms with Gasteiger partial charge in [-0.2, -0.15) is 0 Å². The van der Waals surface area contributed by atoms with Gasteiger partial charge in [0.05, 0.1) is 5.69 Å². The molecule has 1 nitrogen and oxygen atoms in total. The molecule has 1 unspecified atom stereocenters. The van der Waals surface area contributed by atoms with E-state index in [1.54, 1.807) is 0 Å². The SMILES string of the molecule is CC1(C)c2ccccc2-c2cccc(-c3ccc(N(c4ccc(-c5ccc6c(c5)C(C)(c5ccccc5)c5ccccc5-6)cc4)c4ccc5ccccc5c4-c4ccccc4)cc3)c21. The zero-order chi connectivity index (χ0) is 43.0. The van der Waals surface area contributed by atoms with Gasteiger partial charge in [-0.15, -0.1) is 0 Å². The van der Waals surface area contributed by atoms with Crippen molar-refractivity contribution in [1.29, 1.82) is 0 Å². The van der Waals surface area contributed by atoms with Gasteiger partial charge in [-0.05, 0) is 132 Å². The first kappa shape index (κ1) is 38.0. The quantitative estimate of drug-likeness (QED) is 0.155. The number of hydrogen-bond acceptors (Lipinski definition) is 1. The summed E-state index contributed by atoms with van der Waals surface area (Å²) in [5.74, 6) is 0. The first-order valence-corrected chi connectivity index (χ1v) is 22.5. The lowest BCUT2D eigenvalue weighted by molar-refractivity contribution is 0.662. The van der Waals surface area contributed by atoms with E-state index in [4.69, 9.17) is 0 Å². The zero-order valence-electron chi connectivity index (χ0n) is 36.4. The van der Waals surface area contributed by atoms with Crippen LogP contribution in [0.2, 0.25) is 0 Å². The maximum absolute atomic E-state index is 2.45. The van der Waals surface area contributed by atoms with Crippen molar-refractivity contribution in [2.75, 3.05) is 4.90 Å². The lowest BCUT2D eigenvalue weighted by Gasteiger charge is -2.29. The molecule has 10 aromatic rings. The van der Waals surface area contributed by atoms with Gasteiger partial charge in [-0.3, -0.25) is 0 Å². The van der Waals surface area contributed by atoms with Crippen LogP contribution in [0.3, 0.4) is 0 Å². The highest BCUT2D eigenvalue weighted by Gasteiger charge is 2.41. The largest absolute Gasteiger partial charge is 0.310 e. The summed E-state index contributed by atoms with van der Waals surface area (Å²) in [7, 11) is 0. The molecule has 0 bridgehead atoms. The monoisotopic (exact) mass is 817 g/mol. The molecule has 0 saturated carbocycles. The van der Waals surface area contributed by atoms with Gasteiger partial charge < -0.3 is 4.90 Å². The molecule has 0 aromatic heterocycles. The molecule has 12 rings (SSSR count). The third kappa shape index (κ3) is 5.77. The van der Waals surface area contributed by atoms with Gasteiger partial charge in [0.1, 0.15) is 0 Å². The average Bonchev–Trinajstić information content (AvgIpc) is 3.76. The minimum absolute atomic E-state index is 0.104. The number of anilines is 3. The lowest BCUT2D eigenvalue weighted by atomic mass is 9.74. The second kappa shape index (κ2) is 14.7. The molecule has 0 radical (unpaired) electrons. The smallest absolute Gasteiger partial charge is 0.0546 e. The second-order valence-corrected chi connectivity index (χ2v) is 18.2. The van der Waals surface area contributed by atoms with Crippen LogP contribution in [0.25, 0.3) is 66.4 Å². The van der Waals surface area contributed by atoms with E-state index in [1.165, 1.54) is 94.2 Å². The zero-order valence-corrected chi connectivity index (χ0v) is 36.4. The third-order valence-corrected chi connectivity index (χ3v) is 14.4. The van der Waals surface area contributed by atoms with Crippen LogP contribution in [-0.4, -0.2) is 0 Å². The van der Waals surface area contributed by atoms with Crippen molar-refractivity contribution in [2.24, 2.45) is 0 Å². The number of nitrogens with zero attached hydrogens (tertiary/aromatic N) is 1. The molecule has 2 aliphatic carbocycles. The second-order valence-electron chi connectivity index (χ2n) is 18.2. The number of hydrogen-bond donors (Lipinski definition) is 0. The standard InChI is InChI=1S/C63H47N/c1-62(2)56-27-14-12-24-53(56)55-26-16-25-51(61(55)62)44-31-37-49(38-32-44)64(59-40-34-43-17-10-11-22-50(43)60(59)45-18-6-4-7-19-45)48-35-29-42(30-36-48)46-33-39-54-52-23-13-15-28-57(52)63(3,58(54)41-46)47-20-8-5-9-21-47/h4-41H,1-3H3. The first-order chi connectivity index (χ1) is 31.4. The predicted molar refractivity (Wildman–Crippen MR) is 270 cm³/mol. The summed E-state index contributed by atoms with van der Waals surface area (Å²) in [5.41, 5.74) is 22.4. The van der Waals surface area contributed by atoms with Crippen molar-refractivity contribution < 1.29 is 0 Å². The normalized spacial score (nSPS) is 15.3. The lowest BCUT2D eigenvalue weighted by Crippen LogP contribution is -2.22. The molecule has 304 valence electrons. The van der Waals surface area contributed by atoms with Crippen LogP contribution in [0.5, 0.6) is 0 Å². The number of rotatable bonds is 7. The van der Waals surface area contributed by atoms with Crippen LogP contribution in [0, 0.1) is 0 Å². The Morgan fingerprint density at radius 1 is 0.344 bits per heavy atom. The molecule has 1 heteroatoms. The Kier molecular flexibility index (Phi) is 8.71. The van der Waals surface area contributed by atoms with Crippen LogP contribution in [-0.2, 0) is 10.8 Å². The molecule has 64 heavy (non-hydrogen) atoms. The molecule has 0 spiro atoms. The van der Waals surface area contributed by atoms with Crippen molar-refractivity contribution in [2.45, 2.75) is 31.6 Å². The Hall–Kier alpha value is -7.74. The fourth-order valence-corrected chi connectivity index (χ4v) is 11.2. The Labute approximate surface area is 376 Å². The Bertz CT molecular complexity index is 3400. The van der Waals surface area contributed by atoms with E-state index in [1.807, 2.05) is 0 Å². The van der Waals surface area contributed by atoms with E-state index >= 15 is 0 Å². The molecule has 10 aromatic carbocycles. The van der Waals surface area contributed by atoms with Crippen LogP contribution < -0.4 is 4.90 Å². The van der Waals surface area contributed by atoms with Crippen molar-refractivity contribution in [3.05, 3.63) is 258 Å². The van der Waals surface area contributed by atoms with Gasteiger partial charge in [-0.25, -0.2) is 0 Å². The van der Waals surface area contributed by atoms with E-state index < -0.39 is 0 Å². The van der Waals surface area contributed by atoms with Crippen LogP contribution in [0.4, 0.5) is 17.1 Å². The first-order valence-electron chi connectivity index (χ1n) is 22.5. The Morgan fingerprint density at radius 2 is 0.891 bits per heavy atom. The topological polar surface area (TPSA) is 3.24 Å². The predicted octanol–water partition coefficient (Wildman–Crippen LogP) is 17.0. The molecule has 0 amide bonds. The third-order valence-electron chi connectivity index (χ3n) is 14.4. The van der Waals surface area contributed by atoms with Gasteiger partial charge in [0.15, 0.2) is 0 Å². The minimum Gasteiger partial charge on any atom is -0.310 e. The highest BCUT2D eigenvalue weighted by atomic mass is 15.1. The van der Waals surface area contributed by atoms with E-state index in [0.29, 0.717) is 0 Å². The van der Waals surface area contributed by atoms with Gasteiger partial charge >= 0.3 is 0 Å². The highest BCUT2D eigenvalue weighted by Crippen LogP contribution is 2.54. The summed E-state index contributed by atoms with van der Waals surface area (Å²) in [5, 5.41) is 2.45. The summed E-state index contributed by atoms with van der Waals surface area (Å²) >= 11 is 0. The summed E-state index contributed by atoms with van der Waals surface area (Å²) in [6.45, 7) is 7.13. The maximum Gasteiger partial charge on any atom is 0.0546 e. The summed E-state index contributed by atoms with van der Waals surface area (Å²) in [4.78, 5) is 2.45. The summed E-state index contributed by atoms with van der Waals surface area (Å²) in [6, 6.07) is 85.4. The Balaban J connectivity index is 0.992. The minimum atomic E-state index is -0.254. The molecule has 0 heterocycles. The summed E-state index contributed by atoms with van der Waals surface area (Å²) < 4.78 is 0. The Morgan fingerprint density at radius 3 is 1.62 bits per heavy atom. The molecule has 0 aliphatic heterocycles. The molecular weight excluding hydrogens is 771 g/mol. The van der Waals surface area contributed by atoms with E-state index in [-0.39, 0.29) is 10.8 Å². The van der Waals surface area contributed by atoms with Crippen molar-refractivity contribution in [3.8, 4) is 55.6 Å². The molecule has 0 fully saturated rings. The van der Waals surface area contributed by atoms with E-state index in [9.17, 15) is 0 Å². The van der Waals surface area contributed by atoms with Gasteiger partial charge in [0.2, 0.25) is 0 Å². The van der Waals surface area contributed by atoms with Gasteiger partial charge in [-0.1, -0.05) is 208 Å². The highest BCUT2D eigenvalue weighted by molar-refractivity contribution is 6.05. The number of benzene rings is 10. The van der Waals surface area contributed by atoms with Gasteiger partial charge in [0, 0.05) is 27.8 Å².